The van der Waals surface area contributed by atoms with Gasteiger partial charge in [0.2, 0.25) is 0 Å². The van der Waals surface area contributed by atoms with E-state index in [1.807, 2.05) is 12.1 Å². The molecule has 3 heteroatoms. The summed E-state index contributed by atoms with van der Waals surface area (Å²) in [6.07, 6.45) is 0.765. The molecule has 0 unspecified atom stereocenters. The summed E-state index contributed by atoms with van der Waals surface area (Å²) in [5, 5.41) is 13.1. The lowest BCUT2D eigenvalue weighted by atomic mass is 9.80. The number of hydrogen-bond acceptors (Lipinski definition) is 3. The van der Waals surface area contributed by atoms with Crippen LogP contribution in [0.25, 0.3) is 0 Å². The van der Waals surface area contributed by atoms with Crippen molar-refractivity contribution in [1.29, 1.82) is 0 Å². The van der Waals surface area contributed by atoms with Gasteiger partial charge in [-0.05, 0) is 18.2 Å². The second-order valence-electron chi connectivity index (χ2n) is 6.03. The van der Waals surface area contributed by atoms with E-state index in [-0.39, 0.29) is 18.0 Å². The van der Waals surface area contributed by atoms with E-state index >= 15 is 0 Å². The van der Waals surface area contributed by atoms with E-state index in [4.69, 9.17) is 0 Å². The van der Waals surface area contributed by atoms with Crippen LogP contribution in [0.2, 0.25) is 0 Å². The molecule has 0 bridgehead atoms. The zero-order chi connectivity index (χ0) is 15.5. The number of benzene rings is 2. The SMILES string of the molecule is C[C@@H]1/C(=N\O)C[C@H](c2ccccc2)N(C)[C@@H]1c1ccccc1. The van der Waals surface area contributed by atoms with Crippen LogP contribution in [0.3, 0.4) is 0 Å². The summed E-state index contributed by atoms with van der Waals surface area (Å²) < 4.78 is 0. The summed E-state index contributed by atoms with van der Waals surface area (Å²) in [7, 11) is 2.17. The maximum atomic E-state index is 9.45. The standard InChI is InChI=1S/C19H22N2O/c1-14-17(20-22)13-18(15-9-5-3-6-10-15)21(2)19(14)16-11-7-4-8-12-16/h3-12,14,18-19,22H,13H2,1-2H3/b20-17-/t14-,18-,19+/m1/s1. The van der Waals surface area contributed by atoms with Crippen molar-refractivity contribution in [2.75, 3.05) is 7.05 Å². The average molecular weight is 294 g/mol. The molecule has 2 aromatic rings. The molecule has 1 aliphatic heterocycles. The molecular formula is C19H22N2O. The zero-order valence-corrected chi connectivity index (χ0v) is 13.1. The van der Waals surface area contributed by atoms with Gasteiger partial charge < -0.3 is 5.21 Å². The third-order valence-electron chi connectivity index (χ3n) is 4.79. The Morgan fingerprint density at radius 2 is 1.50 bits per heavy atom. The van der Waals surface area contributed by atoms with E-state index < -0.39 is 0 Å². The Balaban J connectivity index is 2.01. The smallest absolute Gasteiger partial charge is 0.0636 e. The molecule has 22 heavy (non-hydrogen) atoms. The summed E-state index contributed by atoms with van der Waals surface area (Å²) in [5.74, 6) is 0.192. The van der Waals surface area contributed by atoms with Crippen LogP contribution in [-0.2, 0) is 0 Å². The van der Waals surface area contributed by atoms with Gasteiger partial charge in [0.15, 0.2) is 0 Å². The minimum atomic E-state index is 0.192. The number of nitrogens with zero attached hydrogens (tertiary/aromatic N) is 2. The molecule has 0 spiro atoms. The van der Waals surface area contributed by atoms with Crippen molar-refractivity contribution in [3.05, 3.63) is 71.8 Å². The fourth-order valence-electron chi connectivity index (χ4n) is 3.59. The number of rotatable bonds is 2. The minimum Gasteiger partial charge on any atom is -0.411 e. The van der Waals surface area contributed by atoms with Gasteiger partial charge in [0.05, 0.1) is 5.71 Å². The molecule has 0 aliphatic carbocycles. The first-order chi connectivity index (χ1) is 10.7. The van der Waals surface area contributed by atoms with Gasteiger partial charge in [-0.3, -0.25) is 4.90 Å². The molecule has 0 radical (unpaired) electrons. The highest BCUT2D eigenvalue weighted by molar-refractivity contribution is 5.88. The van der Waals surface area contributed by atoms with Crippen LogP contribution in [0.5, 0.6) is 0 Å². The predicted octanol–water partition coefficient (Wildman–Crippen LogP) is 4.27. The molecule has 1 fully saturated rings. The first-order valence-corrected chi connectivity index (χ1v) is 7.75. The van der Waals surface area contributed by atoms with Gasteiger partial charge in [-0.1, -0.05) is 72.7 Å². The molecule has 114 valence electrons. The van der Waals surface area contributed by atoms with Crippen LogP contribution in [0.1, 0.15) is 36.6 Å². The quantitative estimate of drug-likeness (QED) is 0.663. The van der Waals surface area contributed by atoms with Crippen molar-refractivity contribution in [3.8, 4) is 0 Å². The van der Waals surface area contributed by atoms with Crippen LogP contribution in [0, 0.1) is 5.92 Å². The highest BCUT2D eigenvalue weighted by Crippen LogP contribution is 2.42. The topological polar surface area (TPSA) is 35.8 Å². The zero-order valence-electron chi connectivity index (χ0n) is 13.1. The number of piperidine rings is 1. The minimum absolute atomic E-state index is 0.192. The fraction of sp³-hybridized carbons (Fsp3) is 0.316. The summed E-state index contributed by atoms with van der Waals surface area (Å²) in [6, 6.07) is 21.4. The molecule has 1 N–H and O–H groups in total. The monoisotopic (exact) mass is 294 g/mol. The van der Waals surface area contributed by atoms with E-state index in [1.165, 1.54) is 11.1 Å². The van der Waals surface area contributed by atoms with Gasteiger partial charge in [-0.2, -0.15) is 0 Å². The summed E-state index contributed by atoms with van der Waals surface area (Å²) >= 11 is 0. The largest absolute Gasteiger partial charge is 0.411 e. The van der Waals surface area contributed by atoms with Crippen LogP contribution < -0.4 is 0 Å². The Bertz CT molecular complexity index is 639. The Hall–Kier alpha value is -2.13. The maximum absolute atomic E-state index is 9.45. The van der Waals surface area contributed by atoms with Crippen LogP contribution >= 0.6 is 0 Å². The van der Waals surface area contributed by atoms with Gasteiger partial charge in [0.25, 0.3) is 0 Å². The highest BCUT2D eigenvalue weighted by Gasteiger charge is 2.38. The molecule has 2 aromatic carbocycles. The summed E-state index contributed by atoms with van der Waals surface area (Å²) in [5.41, 5.74) is 3.40. The van der Waals surface area contributed by atoms with E-state index in [0.29, 0.717) is 0 Å². The van der Waals surface area contributed by atoms with Crippen molar-refractivity contribution >= 4 is 5.71 Å². The average Bonchev–Trinajstić information content (AvgIpc) is 2.57. The third kappa shape index (κ3) is 2.64. The molecule has 1 aliphatic rings. The lowest BCUT2D eigenvalue weighted by Crippen LogP contribution is -2.42. The van der Waals surface area contributed by atoms with E-state index in [1.54, 1.807) is 0 Å². The molecule has 3 nitrogen and oxygen atoms in total. The van der Waals surface area contributed by atoms with E-state index in [2.05, 4.69) is 72.6 Å². The Morgan fingerprint density at radius 1 is 0.955 bits per heavy atom. The fourth-order valence-corrected chi connectivity index (χ4v) is 3.59. The highest BCUT2D eigenvalue weighted by atomic mass is 16.4. The van der Waals surface area contributed by atoms with Crippen molar-refractivity contribution in [3.63, 3.8) is 0 Å². The third-order valence-corrected chi connectivity index (χ3v) is 4.79. The lowest BCUT2D eigenvalue weighted by molar-refractivity contribution is 0.128. The Morgan fingerprint density at radius 3 is 2.05 bits per heavy atom. The van der Waals surface area contributed by atoms with Gasteiger partial charge >= 0.3 is 0 Å². The molecule has 0 saturated carbocycles. The first kappa shape index (κ1) is 14.8. The van der Waals surface area contributed by atoms with Crippen LogP contribution in [0.4, 0.5) is 0 Å². The molecule has 1 saturated heterocycles. The Labute approximate surface area is 131 Å². The molecule has 3 atom stereocenters. The van der Waals surface area contributed by atoms with Crippen molar-refractivity contribution < 1.29 is 5.21 Å². The summed E-state index contributed by atoms with van der Waals surface area (Å²) in [4.78, 5) is 2.41. The number of hydrogen-bond donors (Lipinski definition) is 1. The second-order valence-corrected chi connectivity index (χ2v) is 6.03. The normalized spacial score (nSPS) is 27.9. The van der Waals surface area contributed by atoms with Crippen LogP contribution in [-0.4, -0.2) is 22.9 Å². The van der Waals surface area contributed by atoms with Crippen molar-refractivity contribution in [2.24, 2.45) is 11.1 Å². The van der Waals surface area contributed by atoms with Crippen molar-refractivity contribution in [1.82, 2.24) is 4.90 Å². The first-order valence-electron chi connectivity index (χ1n) is 7.75. The molecule has 0 aromatic heterocycles. The molecule has 3 rings (SSSR count). The van der Waals surface area contributed by atoms with Gasteiger partial charge in [0.1, 0.15) is 0 Å². The second kappa shape index (κ2) is 6.32. The molecular weight excluding hydrogens is 272 g/mol. The maximum Gasteiger partial charge on any atom is 0.0636 e. The van der Waals surface area contributed by atoms with Gasteiger partial charge in [0, 0.05) is 24.4 Å². The van der Waals surface area contributed by atoms with Gasteiger partial charge in [-0.15, -0.1) is 0 Å². The summed E-state index contributed by atoms with van der Waals surface area (Å²) in [6.45, 7) is 2.14. The van der Waals surface area contributed by atoms with E-state index in [9.17, 15) is 5.21 Å². The van der Waals surface area contributed by atoms with Crippen molar-refractivity contribution in [2.45, 2.75) is 25.4 Å². The van der Waals surface area contributed by atoms with Gasteiger partial charge in [-0.25, -0.2) is 0 Å². The van der Waals surface area contributed by atoms with Crippen LogP contribution in [0.15, 0.2) is 65.8 Å². The Kier molecular flexibility index (Phi) is 4.25. The molecule has 1 heterocycles. The lowest BCUT2D eigenvalue weighted by Gasteiger charge is -2.44. The number of likely N-dealkylation sites (tertiary alicyclic amines) is 1. The van der Waals surface area contributed by atoms with E-state index in [0.717, 1.165) is 12.1 Å². The molecule has 0 amide bonds. The number of oxime groups is 1. The predicted molar refractivity (Wildman–Crippen MR) is 89.1 cm³/mol.